The van der Waals surface area contributed by atoms with Crippen molar-refractivity contribution in [1.82, 2.24) is 0 Å². The molecule has 0 atom stereocenters. The van der Waals surface area contributed by atoms with Crippen LogP contribution < -0.4 is 5.73 Å². The predicted octanol–water partition coefficient (Wildman–Crippen LogP) is 2.83. The van der Waals surface area contributed by atoms with Gasteiger partial charge in [0.05, 0.1) is 43.1 Å². The fourth-order valence-electron chi connectivity index (χ4n) is 2.81. The van der Waals surface area contributed by atoms with Crippen LogP contribution >= 0.6 is 0 Å². The van der Waals surface area contributed by atoms with Gasteiger partial charge in [-0.2, -0.15) is 0 Å². The third-order valence-electron chi connectivity index (χ3n) is 3.91. The van der Waals surface area contributed by atoms with Crippen LogP contribution in [0.2, 0.25) is 0 Å². The van der Waals surface area contributed by atoms with Gasteiger partial charge in [0.2, 0.25) is 0 Å². The van der Waals surface area contributed by atoms with Crippen LogP contribution in [0.3, 0.4) is 0 Å². The van der Waals surface area contributed by atoms with Crippen LogP contribution in [-0.4, -0.2) is 37.7 Å². The van der Waals surface area contributed by atoms with Crippen LogP contribution in [0, 0.1) is 0 Å². The summed E-state index contributed by atoms with van der Waals surface area (Å²) in [7, 11) is 0. The number of fused-ring (bicyclic) bond motifs is 1. The summed E-state index contributed by atoms with van der Waals surface area (Å²) in [6, 6.07) is 6.68. The van der Waals surface area contributed by atoms with Gasteiger partial charge in [0.25, 0.3) is 0 Å². The molecule has 0 radical (unpaired) electrons. The molecule has 0 aromatic rings. The van der Waals surface area contributed by atoms with Gasteiger partial charge in [0.1, 0.15) is 0 Å². The van der Waals surface area contributed by atoms with E-state index >= 15 is 0 Å². The van der Waals surface area contributed by atoms with E-state index in [4.69, 9.17) is 19.9 Å². The summed E-state index contributed by atoms with van der Waals surface area (Å²) < 4.78 is 15.1. The summed E-state index contributed by atoms with van der Waals surface area (Å²) >= 11 is 0. The van der Waals surface area contributed by atoms with E-state index in [1.807, 2.05) is 0 Å². The maximum absolute atomic E-state index is 12.4. The Morgan fingerprint density at radius 1 is 0.778 bits per heavy atom. The maximum atomic E-state index is 12.4. The van der Waals surface area contributed by atoms with Crippen molar-refractivity contribution >= 4 is 23.6 Å². The molecule has 2 N–H and O–H groups in total. The first kappa shape index (κ1) is 20.2. The van der Waals surface area contributed by atoms with Crippen LogP contribution in [0.15, 0.2) is 24.3 Å². The van der Waals surface area contributed by atoms with Crippen molar-refractivity contribution in [3.05, 3.63) is 41.0 Å². The number of nitrogens with two attached hydrogens (primary N) is 1. The minimum atomic E-state index is -0.617. The number of hydrogen-bond donors (Lipinski definition) is 1. The summed E-state index contributed by atoms with van der Waals surface area (Å²) in [6.45, 7) is 5.74. The van der Waals surface area contributed by atoms with E-state index in [9.17, 15) is 14.4 Å². The molecule has 2 aliphatic rings. The summed E-state index contributed by atoms with van der Waals surface area (Å²) in [4.78, 5) is 36.5. The molecule has 0 bridgehead atoms. The molecule has 7 heteroatoms. The van der Waals surface area contributed by atoms with Gasteiger partial charge in [-0.15, -0.1) is 0 Å². The molecule has 0 spiro atoms. The van der Waals surface area contributed by atoms with Crippen molar-refractivity contribution in [1.29, 1.82) is 0 Å². The fraction of sp³-hybridized carbons (Fsp3) is 0.350. The Morgan fingerprint density at radius 3 is 1.63 bits per heavy atom. The number of esters is 3. The first-order valence-corrected chi connectivity index (χ1v) is 8.78. The van der Waals surface area contributed by atoms with Gasteiger partial charge in [0.15, 0.2) is 0 Å². The minimum absolute atomic E-state index is 0.0278. The van der Waals surface area contributed by atoms with Crippen molar-refractivity contribution in [3.8, 4) is 11.1 Å². The molecule has 2 rings (SSSR count). The monoisotopic (exact) mass is 373 g/mol. The van der Waals surface area contributed by atoms with E-state index in [0.29, 0.717) is 23.3 Å². The third kappa shape index (κ3) is 4.36. The average Bonchev–Trinajstić information content (AvgIpc) is 2.74. The van der Waals surface area contributed by atoms with E-state index in [1.54, 1.807) is 45.0 Å². The number of carbonyl (C=O) groups excluding carboxylic acids is 3. The van der Waals surface area contributed by atoms with Gasteiger partial charge >= 0.3 is 17.9 Å². The highest BCUT2D eigenvalue weighted by Gasteiger charge is 2.30. The van der Waals surface area contributed by atoms with Crippen LogP contribution in [-0.2, 0) is 25.4 Å². The number of nitrogen functional groups attached to an aromatic ring is 1. The molecule has 7 nitrogen and oxygen atoms in total. The largest absolute Gasteiger partial charge is 0.466 e. The van der Waals surface area contributed by atoms with Crippen LogP contribution in [0.1, 0.15) is 47.1 Å². The third-order valence-corrected chi connectivity index (χ3v) is 3.91. The maximum Gasteiger partial charge on any atom is 0.340 e. The molecule has 0 aromatic heterocycles. The molecule has 0 heterocycles. The van der Waals surface area contributed by atoms with Gasteiger partial charge in [-0.3, -0.25) is 4.79 Å². The SMILES string of the molecule is CCOC(=O)Cc1ccc2c(C(=O)OCC)c(N)c(C(=O)OCC)c-2cc1. The highest BCUT2D eigenvalue weighted by atomic mass is 16.5. The zero-order valence-electron chi connectivity index (χ0n) is 15.7. The van der Waals surface area contributed by atoms with E-state index in [-0.39, 0.29) is 42.4 Å². The summed E-state index contributed by atoms with van der Waals surface area (Å²) in [6.07, 6.45) is 0.0735. The number of rotatable bonds is 7. The zero-order valence-corrected chi connectivity index (χ0v) is 15.7. The van der Waals surface area contributed by atoms with E-state index < -0.39 is 11.9 Å². The Morgan fingerprint density at radius 2 is 1.22 bits per heavy atom. The van der Waals surface area contributed by atoms with E-state index in [0.717, 1.165) is 0 Å². The lowest BCUT2D eigenvalue weighted by Gasteiger charge is -2.03. The molecule has 0 saturated carbocycles. The Hall–Kier alpha value is -3.09. The van der Waals surface area contributed by atoms with Gasteiger partial charge < -0.3 is 19.9 Å². The van der Waals surface area contributed by atoms with Crippen LogP contribution in [0.4, 0.5) is 5.69 Å². The topological polar surface area (TPSA) is 105 Å². The molecule has 27 heavy (non-hydrogen) atoms. The smallest absolute Gasteiger partial charge is 0.340 e. The standard InChI is InChI=1S/C20H23NO6/c1-4-25-15(22)11-12-7-9-13-14(10-8-12)17(20(24)27-6-3)18(21)16(13)19(23)26-5-2/h7-10H,4-6,11,21H2,1-3H3. The first-order valence-electron chi connectivity index (χ1n) is 8.78. The molecule has 0 aliphatic heterocycles. The summed E-state index contributed by atoms with van der Waals surface area (Å²) in [5, 5.41) is 0. The molecule has 2 aliphatic carbocycles. The molecule has 0 saturated heterocycles. The van der Waals surface area contributed by atoms with Crippen LogP contribution in [0.5, 0.6) is 0 Å². The number of carbonyl (C=O) groups is 3. The number of ether oxygens (including phenoxy) is 3. The average molecular weight is 373 g/mol. The van der Waals surface area contributed by atoms with Gasteiger partial charge in [0, 0.05) is 0 Å². The molecule has 144 valence electrons. The molecule has 0 amide bonds. The van der Waals surface area contributed by atoms with E-state index in [2.05, 4.69) is 0 Å². The first-order chi connectivity index (χ1) is 12.9. The highest BCUT2D eigenvalue weighted by molar-refractivity contribution is 6.15. The Labute approximate surface area is 157 Å². The van der Waals surface area contributed by atoms with Crippen molar-refractivity contribution in [2.75, 3.05) is 25.6 Å². The van der Waals surface area contributed by atoms with Crippen LogP contribution in [0.25, 0.3) is 11.1 Å². The van der Waals surface area contributed by atoms with Crippen molar-refractivity contribution in [2.45, 2.75) is 27.2 Å². The lowest BCUT2D eigenvalue weighted by Crippen LogP contribution is -2.10. The molecular formula is C20H23NO6. The second-order valence-electron chi connectivity index (χ2n) is 5.66. The molecule has 0 unspecified atom stereocenters. The lowest BCUT2D eigenvalue weighted by molar-refractivity contribution is -0.142. The zero-order chi connectivity index (χ0) is 20.0. The van der Waals surface area contributed by atoms with Gasteiger partial charge in [-0.05, 0) is 37.5 Å². The quantitative estimate of drug-likeness (QED) is 0.588. The second-order valence-corrected chi connectivity index (χ2v) is 5.66. The summed E-state index contributed by atoms with van der Waals surface area (Å²) in [5.41, 5.74) is 7.97. The second kappa shape index (κ2) is 9.02. The molecule has 0 aromatic carbocycles. The number of anilines is 1. The number of hydrogen-bond acceptors (Lipinski definition) is 7. The van der Waals surface area contributed by atoms with Crippen molar-refractivity contribution in [2.24, 2.45) is 0 Å². The molecule has 0 fully saturated rings. The lowest BCUT2D eigenvalue weighted by atomic mass is 10.1. The summed E-state index contributed by atoms with van der Waals surface area (Å²) in [5.74, 6) is -1.60. The fourth-order valence-corrected chi connectivity index (χ4v) is 2.81. The predicted molar refractivity (Wildman–Crippen MR) is 99.7 cm³/mol. The minimum Gasteiger partial charge on any atom is -0.466 e. The van der Waals surface area contributed by atoms with E-state index in [1.165, 1.54) is 0 Å². The Balaban J connectivity index is 2.60. The van der Waals surface area contributed by atoms with Gasteiger partial charge in [-0.1, -0.05) is 24.3 Å². The van der Waals surface area contributed by atoms with Crippen molar-refractivity contribution in [3.63, 3.8) is 0 Å². The normalized spacial score (nSPS) is 10.5. The highest BCUT2D eigenvalue weighted by Crippen LogP contribution is 2.39. The Bertz CT molecular complexity index is 774. The Kier molecular flexibility index (Phi) is 6.76. The molecular weight excluding hydrogens is 350 g/mol. The van der Waals surface area contributed by atoms with Crippen molar-refractivity contribution < 1.29 is 28.6 Å². The van der Waals surface area contributed by atoms with Gasteiger partial charge in [-0.25, -0.2) is 9.59 Å².